The number of aryl methyl sites for hydroxylation is 1. The van der Waals surface area contributed by atoms with Gasteiger partial charge in [0.1, 0.15) is 12.2 Å². The van der Waals surface area contributed by atoms with E-state index in [1.165, 1.54) is 0 Å². The van der Waals surface area contributed by atoms with Gasteiger partial charge in [-0.25, -0.2) is 4.98 Å². The number of aliphatic hydroxyl groups is 1. The number of ether oxygens (including phenoxy) is 1. The quantitative estimate of drug-likeness (QED) is 0.816. The number of nitrogens with zero attached hydrogens (tertiary/aromatic N) is 3. The van der Waals surface area contributed by atoms with E-state index in [0.29, 0.717) is 13.0 Å². The monoisotopic (exact) mass is 225 g/mol. The molecule has 1 fully saturated rings. The molecule has 2 atom stereocenters. The zero-order chi connectivity index (χ0) is 11.6. The van der Waals surface area contributed by atoms with Crippen molar-refractivity contribution in [1.29, 1.82) is 0 Å². The molecule has 16 heavy (non-hydrogen) atoms. The predicted octanol–water partition coefficient (Wildman–Crippen LogP) is 0.628. The second kappa shape index (κ2) is 4.51. The lowest BCUT2D eigenvalue weighted by molar-refractivity contribution is -0.00691. The summed E-state index contributed by atoms with van der Waals surface area (Å²) in [5.41, 5.74) is -0.754. The van der Waals surface area contributed by atoms with E-state index in [1.54, 1.807) is 6.33 Å². The van der Waals surface area contributed by atoms with Gasteiger partial charge in [0.2, 0.25) is 0 Å². The summed E-state index contributed by atoms with van der Waals surface area (Å²) in [6.45, 7) is 6.06. The molecule has 90 valence electrons. The van der Waals surface area contributed by atoms with Crippen molar-refractivity contribution in [3.05, 3.63) is 12.2 Å². The normalized spacial score (nSPS) is 24.6. The van der Waals surface area contributed by atoms with Gasteiger partial charge in [-0.05, 0) is 20.3 Å². The average molecular weight is 225 g/mol. The van der Waals surface area contributed by atoms with E-state index in [4.69, 9.17) is 4.74 Å². The number of hydrogen-bond donors (Lipinski definition) is 1. The Hall–Kier alpha value is -0.940. The van der Waals surface area contributed by atoms with Crippen LogP contribution in [0.1, 0.15) is 26.1 Å². The highest BCUT2D eigenvalue weighted by Gasteiger charge is 2.36. The summed E-state index contributed by atoms with van der Waals surface area (Å²) < 4.78 is 7.14. The molecule has 0 spiro atoms. The van der Waals surface area contributed by atoms with Gasteiger partial charge in [-0.3, -0.25) is 4.68 Å². The summed E-state index contributed by atoms with van der Waals surface area (Å²) in [5, 5.41) is 14.6. The topological polar surface area (TPSA) is 60.2 Å². The van der Waals surface area contributed by atoms with E-state index in [9.17, 15) is 5.11 Å². The van der Waals surface area contributed by atoms with Crippen molar-refractivity contribution in [3.8, 4) is 0 Å². The smallest absolute Gasteiger partial charge is 0.138 e. The van der Waals surface area contributed by atoms with Crippen LogP contribution in [0.4, 0.5) is 0 Å². The third-order valence-corrected chi connectivity index (χ3v) is 3.32. The molecule has 1 N–H and O–H groups in total. The molecule has 1 aromatic rings. The zero-order valence-electron chi connectivity index (χ0n) is 9.89. The summed E-state index contributed by atoms with van der Waals surface area (Å²) in [7, 11) is 0. The fourth-order valence-corrected chi connectivity index (χ4v) is 2.18. The van der Waals surface area contributed by atoms with Crippen molar-refractivity contribution in [2.45, 2.75) is 38.8 Å². The number of aromatic nitrogens is 3. The Labute approximate surface area is 95.4 Å². The molecule has 0 saturated carbocycles. The molecule has 1 aliphatic heterocycles. The molecule has 0 radical (unpaired) electrons. The van der Waals surface area contributed by atoms with Gasteiger partial charge in [0.05, 0.1) is 12.2 Å². The summed E-state index contributed by atoms with van der Waals surface area (Å²) in [6, 6.07) is 0. The summed E-state index contributed by atoms with van der Waals surface area (Å²) in [4.78, 5) is 4.19. The van der Waals surface area contributed by atoms with Gasteiger partial charge >= 0.3 is 0 Å². The van der Waals surface area contributed by atoms with E-state index in [2.05, 4.69) is 10.1 Å². The molecular weight excluding hydrogens is 206 g/mol. The molecule has 0 aliphatic carbocycles. The molecule has 0 amide bonds. The lowest BCUT2D eigenvalue weighted by Gasteiger charge is -2.28. The van der Waals surface area contributed by atoms with E-state index in [1.807, 2.05) is 18.5 Å². The van der Waals surface area contributed by atoms with Crippen molar-refractivity contribution in [3.63, 3.8) is 0 Å². The Kier molecular flexibility index (Phi) is 3.25. The summed E-state index contributed by atoms with van der Waals surface area (Å²) in [6.07, 6.45) is 3.00. The van der Waals surface area contributed by atoms with Crippen LogP contribution in [0.25, 0.3) is 0 Å². The lowest BCUT2D eigenvalue weighted by Crippen LogP contribution is -2.38. The van der Waals surface area contributed by atoms with E-state index >= 15 is 0 Å². The van der Waals surface area contributed by atoms with Gasteiger partial charge in [0, 0.05) is 25.5 Å². The second-order valence-corrected chi connectivity index (χ2v) is 4.59. The first-order chi connectivity index (χ1) is 7.63. The Morgan fingerprint density at radius 3 is 3.12 bits per heavy atom. The summed E-state index contributed by atoms with van der Waals surface area (Å²) in [5.74, 6) is 1.05. The Bertz CT molecular complexity index is 343. The van der Waals surface area contributed by atoms with E-state index < -0.39 is 5.60 Å². The lowest BCUT2D eigenvalue weighted by atomic mass is 9.85. The Balaban J connectivity index is 2.07. The highest BCUT2D eigenvalue weighted by atomic mass is 16.5. The molecule has 2 heterocycles. The van der Waals surface area contributed by atoms with Gasteiger partial charge in [-0.2, -0.15) is 5.10 Å². The van der Waals surface area contributed by atoms with Crippen molar-refractivity contribution in [1.82, 2.24) is 14.8 Å². The van der Waals surface area contributed by atoms with Gasteiger partial charge < -0.3 is 9.84 Å². The third kappa shape index (κ3) is 2.25. The van der Waals surface area contributed by atoms with Crippen LogP contribution in [-0.2, 0) is 17.7 Å². The molecule has 0 bridgehead atoms. The minimum absolute atomic E-state index is 0.203. The Morgan fingerprint density at radius 1 is 1.69 bits per heavy atom. The molecule has 2 rings (SSSR count). The largest absolute Gasteiger partial charge is 0.389 e. The Morgan fingerprint density at radius 2 is 2.50 bits per heavy atom. The van der Waals surface area contributed by atoms with E-state index in [0.717, 1.165) is 25.4 Å². The highest BCUT2D eigenvalue weighted by Crippen LogP contribution is 2.28. The maximum atomic E-state index is 10.4. The van der Waals surface area contributed by atoms with Crippen molar-refractivity contribution in [2.24, 2.45) is 5.92 Å². The van der Waals surface area contributed by atoms with Crippen LogP contribution in [-0.4, -0.2) is 38.7 Å². The molecule has 1 aliphatic rings. The number of hydrogen-bond acceptors (Lipinski definition) is 4. The standard InChI is InChI=1S/C11H19N3O2/c1-3-14-10(12-8-13-14)6-11(2,15)9-4-5-16-7-9/h8-9,15H,3-7H2,1-2H3. The van der Waals surface area contributed by atoms with Crippen molar-refractivity contribution >= 4 is 0 Å². The van der Waals surface area contributed by atoms with Crippen molar-refractivity contribution in [2.75, 3.05) is 13.2 Å². The maximum absolute atomic E-state index is 10.4. The molecule has 5 nitrogen and oxygen atoms in total. The predicted molar refractivity (Wildman–Crippen MR) is 58.9 cm³/mol. The first kappa shape index (κ1) is 11.5. The number of rotatable bonds is 4. The molecule has 0 aromatic carbocycles. The van der Waals surface area contributed by atoms with Crippen LogP contribution in [0.15, 0.2) is 6.33 Å². The molecular formula is C11H19N3O2. The van der Waals surface area contributed by atoms with Gasteiger partial charge in [0.25, 0.3) is 0 Å². The van der Waals surface area contributed by atoms with Crippen LogP contribution >= 0.6 is 0 Å². The molecule has 1 aromatic heterocycles. The maximum Gasteiger partial charge on any atom is 0.138 e. The molecule has 2 unspecified atom stereocenters. The minimum atomic E-state index is -0.754. The van der Waals surface area contributed by atoms with Gasteiger partial charge in [-0.1, -0.05) is 0 Å². The van der Waals surface area contributed by atoms with Crippen LogP contribution in [0.3, 0.4) is 0 Å². The second-order valence-electron chi connectivity index (χ2n) is 4.59. The first-order valence-electron chi connectivity index (χ1n) is 5.80. The zero-order valence-corrected chi connectivity index (χ0v) is 9.89. The van der Waals surface area contributed by atoms with Gasteiger partial charge in [0.15, 0.2) is 0 Å². The van der Waals surface area contributed by atoms with Crippen LogP contribution < -0.4 is 0 Å². The van der Waals surface area contributed by atoms with Gasteiger partial charge in [-0.15, -0.1) is 0 Å². The fourth-order valence-electron chi connectivity index (χ4n) is 2.18. The van der Waals surface area contributed by atoms with Crippen LogP contribution in [0, 0.1) is 5.92 Å². The van der Waals surface area contributed by atoms with Crippen LogP contribution in [0.5, 0.6) is 0 Å². The minimum Gasteiger partial charge on any atom is -0.389 e. The van der Waals surface area contributed by atoms with Crippen LogP contribution in [0.2, 0.25) is 0 Å². The average Bonchev–Trinajstić information content (AvgIpc) is 2.86. The van der Waals surface area contributed by atoms with Crippen molar-refractivity contribution < 1.29 is 9.84 Å². The molecule has 1 saturated heterocycles. The van der Waals surface area contributed by atoms with E-state index in [-0.39, 0.29) is 5.92 Å². The SMILES string of the molecule is CCn1ncnc1CC(C)(O)C1CCOC1. The fraction of sp³-hybridized carbons (Fsp3) is 0.818. The third-order valence-electron chi connectivity index (χ3n) is 3.32. The summed E-state index contributed by atoms with van der Waals surface area (Å²) >= 11 is 0. The first-order valence-corrected chi connectivity index (χ1v) is 5.80. The highest BCUT2D eigenvalue weighted by molar-refractivity contribution is 4.96. The molecule has 5 heteroatoms.